The summed E-state index contributed by atoms with van der Waals surface area (Å²) in [5.74, 6) is -0.865. The molecule has 0 aromatic heterocycles. The van der Waals surface area contributed by atoms with Crippen molar-refractivity contribution in [3.8, 4) is 0 Å². The van der Waals surface area contributed by atoms with E-state index in [0.29, 0.717) is 43.2 Å². The first-order chi connectivity index (χ1) is 28.6. The first-order valence-corrected chi connectivity index (χ1v) is 26.7. The Hall–Kier alpha value is -3.48. The fourth-order valence-electron chi connectivity index (χ4n) is 8.80. The molecule has 0 heterocycles. The highest BCUT2D eigenvalue weighted by Gasteiger charge is 2.32. The van der Waals surface area contributed by atoms with Crippen LogP contribution in [0.4, 0.5) is 0 Å². The van der Waals surface area contributed by atoms with Crippen molar-refractivity contribution in [3.05, 3.63) is 119 Å². The van der Waals surface area contributed by atoms with Crippen LogP contribution in [0.3, 0.4) is 0 Å². The third-order valence-electron chi connectivity index (χ3n) is 11.9. The van der Waals surface area contributed by atoms with Gasteiger partial charge in [0.15, 0.2) is 0 Å². The van der Waals surface area contributed by atoms with E-state index in [1.54, 1.807) is 48.5 Å². The average molecular weight is 935 g/mol. The summed E-state index contributed by atoms with van der Waals surface area (Å²) in [5, 5.41) is 0. The lowest BCUT2D eigenvalue weighted by molar-refractivity contribution is 0.369. The summed E-state index contributed by atoms with van der Waals surface area (Å²) in [4.78, 5) is -0.943. The molecule has 0 aliphatic carbocycles. The van der Waals surface area contributed by atoms with Crippen molar-refractivity contribution in [1.82, 2.24) is 0 Å². The van der Waals surface area contributed by atoms with Crippen LogP contribution in [0.25, 0.3) is 0 Å². The average Bonchev–Trinajstić information content (AvgIpc) is 3.15. The number of rotatable bonds is 21. The Kier molecular flexibility index (Phi) is 17.0. The van der Waals surface area contributed by atoms with Crippen LogP contribution in [-0.4, -0.2) is 51.9 Å². The summed E-state index contributed by atoms with van der Waals surface area (Å²) in [6.45, 7) is 16.3. The van der Waals surface area contributed by atoms with Gasteiger partial charge in [-0.3, -0.25) is 18.2 Å². The van der Waals surface area contributed by atoms with Crippen LogP contribution in [-0.2, 0) is 40.5 Å². The van der Waals surface area contributed by atoms with Crippen LogP contribution in [0.15, 0.2) is 111 Å². The molecule has 0 spiro atoms. The van der Waals surface area contributed by atoms with Crippen LogP contribution in [0.1, 0.15) is 145 Å². The number of hydrogen-bond donors (Lipinski definition) is 4. The Morgan fingerprint density at radius 3 is 1.00 bits per heavy atom. The fraction of sp³-hybridized carbons (Fsp3) is 0.478. The Balaban J connectivity index is 1.90. The normalized spacial score (nSPS) is 15.5. The molecule has 4 rings (SSSR count). The van der Waals surface area contributed by atoms with Crippen LogP contribution >= 0.6 is 0 Å². The van der Waals surface area contributed by atoms with Gasteiger partial charge in [-0.2, -0.15) is 33.7 Å². The van der Waals surface area contributed by atoms with Gasteiger partial charge in [-0.15, -0.1) is 0 Å². The predicted molar refractivity (Wildman–Crippen MR) is 241 cm³/mol. The molecular formula is C46H62O12S4. The van der Waals surface area contributed by atoms with E-state index < -0.39 is 40.5 Å². The van der Waals surface area contributed by atoms with E-state index >= 15 is 0 Å². The molecule has 4 N–H and O–H groups in total. The summed E-state index contributed by atoms with van der Waals surface area (Å²) in [5.41, 5.74) is 3.54. The molecule has 0 aliphatic heterocycles. The molecule has 16 heteroatoms. The maximum atomic E-state index is 13.5. The van der Waals surface area contributed by atoms with E-state index in [-0.39, 0.29) is 72.8 Å². The van der Waals surface area contributed by atoms with E-state index in [1.807, 2.05) is 33.8 Å². The fourth-order valence-corrected chi connectivity index (χ4v) is 11.0. The number of hydrogen-bond acceptors (Lipinski definition) is 8. The topological polar surface area (TPSA) is 217 Å². The monoisotopic (exact) mass is 934 g/mol. The van der Waals surface area contributed by atoms with Crippen molar-refractivity contribution in [2.75, 3.05) is 0 Å². The summed E-state index contributed by atoms with van der Waals surface area (Å²) in [6, 6.07) is 23.3. The third-order valence-corrected chi connectivity index (χ3v) is 15.4. The van der Waals surface area contributed by atoms with Gasteiger partial charge < -0.3 is 0 Å². The summed E-state index contributed by atoms with van der Waals surface area (Å²) >= 11 is 0. The molecule has 0 fully saturated rings. The van der Waals surface area contributed by atoms with Gasteiger partial charge in [-0.25, -0.2) is 0 Å². The highest BCUT2D eigenvalue weighted by molar-refractivity contribution is 7.86. The largest absolute Gasteiger partial charge is 0.294 e. The first kappa shape index (κ1) is 51.2. The van der Waals surface area contributed by atoms with Crippen molar-refractivity contribution >= 4 is 40.5 Å². The summed E-state index contributed by atoms with van der Waals surface area (Å²) < 4.78 is 138. The van der Waals surface area contributed by atoms with Gasteiger partial charge in [-0.05, 0) is 156 Å². The molecular weight excluding hydrogens is 873 g/mol. The molecule has 342 valence electrons. The zero-order chi connectivity index (χ0) is 46.5. The van der Waals surface area contributed by atoms with Crippen molar-refractivity contribution in [3.63, 3.8) is 0 Å². The lowest BCUT2D eigenvalue weighted by Crippen LogP contribution is -2.19. The molecule has 0 radical (unpaired) electrons. The smallest absolute Gasteiger partial charge is 0.282 e. The van der Waals surface area contributed by atoms with Crippen LogP contribution in [0.2, 0.25) is 0 Å². The molecule has 4 aromatic rings. The number of benzene rings is 4. The molecule has 0 bridgehead atoms. The maximum absolute atomic E-state index is 13.5. The highest BCUT2D eigenvalue weighted by atomic mass is 32.2. The van der Waals surface area contributed by atoms with E-state index in [1.165, 1.54) is 36.4 Å². The van der Waals surface area contributed by atoms with Crippen molar-refractivity contribution in [1.29, 1.82) is 0 Å². The quantitative estimate of drug-likeness (QED) is 0.0574. The molecule has 4 aromatic carbocycles. The molecule has 0 amide bonds. The second kappa shape index (κ2) is 20.6. The molecule has 0 saturated carbocycles. The zero-order valence-corrected chi connectivity index (χ0v) is 39.8. The van der Waals surface area contributed by atoms with Gasteiger partial charge in [0.2, 0.25) is 0 Å². The predicted octanol–water partition coefficient (Wildman–Crippen LogP) is 10.8. The van der Waals surface area contributed by atoms with Gasteiger partial charge in [0.1, 0.15) is 0 Å². The Morgan fingerprint density at radius 1 is 0.371 bits per heavy atom. The minimum absolute atomic E-state index is 0.0413. The Morgan fingerprint density at radius 2 is 0.694 bits per heavy atom. The van der Waals surface area contributed by atoms with Crippen LogP contribution in [0, 0.1) is 23.7 Å². The van der Waals surface area contributed by atoms with Gasteiger partial charge in [0.25, 0.3) is 40.5 Å². The van der Waals surface area contributed by atoms with E-state index in [9.17, 15) is 51.9 Å². The van der Waals surface area contributed by atoms with Gasteiger partial charge in [0, 0.05) is 0 Å². The molecule has 0 saturated heterocycles. The van der Waals surface area contributed by atoms with Gasteiger partial charge in [0.05, 0.1) is 19.6 Å². The Labute approximate surface area is 369 Å². The minimum Gasteiger partial charge on any atom is -0.282 e. The second-order valence-electron chi connectivity index (χ2n) is 18.2. The minimum atomic E-state index is -4.80. The Bertz CT molecular complexity index is 2480. The van der Waals surface area contributed by atoms with Crippen molar-refractivity contribution in [2.24, 2.45) is 23.7 Å². The molecule has 4 unspecified atom stereocenters. The maximum Gasteiger partial charge on any atom is 0.294 e. The first-order valence-electron chi connectivity index (χ1n) is 20.9. The van der Waals surface area contributed by atoms with E-state index in [4.69, 9.17) is 0 Å². The molecule has 12 nitrogen and oxygen atoms in total. The molecule has 4 atom stereocenters. The SMILES string of the molecule is CC(C)CC(CC(CC(CC(C)C)c1ccc(S(=O)(=O)O)cc1)c1ccc(C(CC(c2ccc(S(=O)(=O)O)cc2)C(C)C)C(C)C)c(S(=O)(=O)O)c1)c1ccc(S(=O)(=O)O)cc1. The summed E-state index contributed by atoms with van der Waals surface area (Å²) in [7, 11) is -18.1. The molecule has 0 aliphatic rings. The van der Waals surface area contributed by atoms with Crippen LogP contribution < -0.4 is 0 Å². The molecule has 62 heavy (non-hydrogen) atoms. The lowest BCUT2D eigenvalue weighted by atomic mass is 9.73. The van der Waals surface area contributed by atoms with E-state index in [0.717, 1.165) is 16.7 Å². The summed E-state index contributed by atoms with van der Waals surface area (Å²) in [6.07, 6.45) is 2.78. The third kappa shape index (κ3) is 14.0. The second-order valence-corrected chi connectivity index (χ2v) is 23.8. The van der Waals surface area contributed by atoms with Crippen LogP contribution in [0.5, 0.6) is 0 Å². The zero-order valence-electron chi connectivity index (χ0n) is 36.6. The van der Waals surface area contributed by atoms with Gasteiger partial charge in [-0.1, -0.05) is 104 Å². The van der Waals surface area contributed by atoms with Crippen molar-refractivity contribution < 1.29 is 51.9 Å². The lowest BCUT2D eigenvalue weighted by Gasteiger charge is -2.32. The van der Waals surface area contributed by atoms with Crippen molar-refractivity contribution in [2.45, 2.75) is 137 Å². The van der Waals surface area contributed by atoms with Gasteiger partial charge >= 0.3 is 0 Å². The standard InChI is InChI=1S/C46H62O12S4/c1-29(2)23-37(33-9-16-40(17-10-33)59(47,48)49)25-39(26-38(24-30(3)4)34-11-18-41(19-12-34)60(50,51)52)36-15-22-43(46(27-36)62(56,57)58)45(32(7)8)28-44(31(5)6)35-13-20-42(21-14-35)61(53,54)55/h9-22,27,29-32,37-39,44-45H,23-26,28H2,1-8H3,(H,47,48,49)(H,50,51,52)(H,53,54,55)(H,56,57,58). The van der Waals surface area contributed by atoms with E-state index in [2.05, 4.69) is 27.7 Å². The highest BCUT2D eigenvalue weighted by Crippen LogP contribution is 2.45.